The third-order valence-corrected chi connectivity index (χ3v) is 6.35. The number of benzene rings is 1. The van der Waals surface area contributed by atoms with Gasteiger partial charge in [0.25, 0.3) is 0 Å². The topological polar surface area (TPSA) is 76.1 Å². The number of esters is 1. The molecule has 1 aromatic heterocycles. The van der Waals surface area contributed by atoms with Gasteiger partial charge in [-0.3, -0.25) is 9.78 Å². The Hall–Kier alpha value is -2.58. The zero-order chi connectivity index (χ0) is 24.6. The van der Waals surface area contributed by atoms with Gasteiger partial charge in [0, 0.05) is 12.5 Å². The number of methoxy groups -OCH3 is 1. The van der Waals surface area contributed by atoms with E-state index in [9.17, 15) is 4.79 Å². The van der Waals surface area contributed by atoms with Crippen molar-refractivity contribution in [2.24, 2.45) is 0 Å². The van der Waals surface area contributed by atoms with Crippen molar-refractivity contribution < 1.29 is 28.3 Å². The van der Waals surface area contributed by atoms with Crippen molar-refractivity contribution in [3.8, 4) is 11.5 Å². The SMILES string of the molecule is COC(=O)CCCCCCOc1cnc(B2OC(C)(C)C(C)(C)O2)cc1OCc1ccccc1. The fourth-order valence-electron chi connectivity index (χ4n) is 3.50. The summed E-state index contributed by atoms with van der Waals surface area (Å²) in [7, 11) is 0.840. The highest BCUT2D eigenvalue weighted by Crippen LogP contribution is 2.37. The van der Waals surface area contributed by atoms with Gasteiger partial charge in [0.05, 0.1) is 36.7 Å². The highest BCUT2D eigenvalue weighted by atomic mass is 16.7. The van der Waals surface area contributed by atoms with Crippen molar-refractivity contribution in [1.29, 1.82) is 0 Å². The van der Waals surface area contributed by atoms with E-state index < -0.39 is 18.3 Å². The molecule has 1 fully saturated rings. The molecule has 0 radical (unpaired) electrons. The lowest BCUT2D eigenvalue weighted by Crippen LogP contribution is -2.41. The molecular weight excluding hydrogens is 433 g/mol. The summed E-state index contributed by atoms with van der Waals surface area (Å²) in [6, 6.07) is 11.8. The number of aromatic nitrogens is 1. The van der Waals surface area contributed by atoms with Gasteiger partial charge in [0.2, 0.25) is 0 Å². The van der Waals surface area contributed by atoms with Gasteiger partial charge in [-0.2, -0.15) is 0 Å². The van der Waals surface area contributed by atoms with Crippen molar-refractivity contribution in [3.63, 3.8) is 0 Å². The van der Waals surface area contributed by atoms with Gasteiger partial charge in [0.15, 0.2) is 11.5 Å². The zero-order valence-corrected chi connectivity index (χ0v) is 21.0. The molecule has 1 aromatic carbocycles. The summed E-state index contributed by atoms with van der Waals surface area (Å²) in [5, 5.41) is 0. The molecule has 1 aliphatic rings. The second-order valence-electron chi connectivity index (χ2n) is 9.51. The number of carbonyl (C=O) groups excluding carboxylic acids is 1. The molecule has 34 heavy (non-hydrogen) atoms. The zero-order valence-electron chi connectivity index (χ0n) is 21.0. The first-order valence-corrected chi connectivity index (χ1v) is 11.9. The maximum Gasteiger partial charge on any atom is 0.514 e. The molecule has 184 valence electrons. The van der Waals surface area contributed by atoms with Crippen LogP contribution < -0.4 is 15.1 Å². The van der Waals surface area contributed by atoms with Crippen molar-refractivity contribution >= 4 is 18.7 Å². The van der Waals surface area contributed by atoms with Gasteiger partial charge in [-0.05, 0) is 46.1 Å². The second-order valence-corrected chi connectivity index (χ2v) is 9.51. The third-order valence-electron chi connectivity index (χ3n) is 6.35. The van der Waals surface area contributed by atoms with E-state index in [1.54, 1.807) is 6.20 Å². The predicted molar refractivity (Wildman–Crippen MR) is 131 cm³/mol. The Labute approximate surface area is 203 Å². The number of nitrogens with zero attached hydrogens (tertiary/aromatic N) is 1. The van der Waals surface area contributed by atoms with Crippen LogP contribution in [0.5, 0.6) is 11.5 Å². The van der Waals surface area contributed by atoms with Gasteiger partial charge in [-0.15, -0.1) is 0 Å². The van der Waals surface area contributed by atoms with Crippen LogP contribution in [0, 0.1) is 0 Å². The van der Waals surface area contributed by atoms with Crippen LogP contribution in [-0.2, 0) is 25.4 Å². The minimum Gasteiger partial charge on any atom is -0.488 e. The summed E-state index contributed by atoms with van der Waals surface area (Å²) < 4.78 is 29.1. The van der Waals surface area contributed by atoms with Crippen LogP contribution >= 0.6 is 0 Å². The van der Waals surface area contributed by atoms with Gasteiger partial charge in [-0.1, -0.05) is 43.2 Å². The largest absolute Gasteiger partial charge is 0.514 e. The molecule has 2 aromatic rings. The monoisotopic (exact) mass is 469 g/mol. The van der Waals surface area contributed by atoms with Crippen LogP contribution in [0.2, 0.25) is 0 Å². The normalized spacial score (nSPS) is 16.3. The number of hydrogen-bond acceptors (Lipinski definition) is 7. The molecule has 0 spiro atoms. The minimum absolute atomic E-state index is 0.162. The fraction of sp³-hybridized carbons (Fsp3) is 0.538. The number of hydrogen-bond donors (Lipinski definition) is 0. The minimum atomic E-state index is -0.576. The molecule has 0 unspecified atom stereocenters. The average molecular weight is 469 g/mol. The molecule has 2 heterocycles. The van der Waals surface area contributed by atoms with E-state index in [0.717, 1.165) is 31.2 Å². The predicted octanol–water partition coefficient (Wildman–Crippen LogP) is 4.46. The highest BCUT2D eigenvalue weighted by molar-refractivity contribution is 6.61. The van der Waals surface area contributed by atoms with E-state index in [1.165, 1.54) is 7.11 Å². The Morgan fingerprint density at radius 2 is 1.62 bits per heavy atom. The van der Waals surface area contributed by atoms with E-state index >= 15 is 0 Å². The second kappa shape index (κ2) is 11.7. The van der Waals surface area contributed by atoms with Crippen LogP contribution in [0.25, 0.3) is 0 Å². The molecule has 8 heteroatoms. The number of unbranched alkanes of at least 4 members (excludes halogenated alkanes) is 3. The van der Waals surface area contributed by atoms with E-state index in [-0.39, 0.29) is 5.97 Å². The van der Waals surface area contributed by atoms with Crippen LogP contribution in [-0.4, -0.2) is 43.0 Å². The summed E-state index contributed by atoms with van der Waals surface area (Å²) in [5.74, 6) is 1.03. The first kappa shape index (κ1) is 26.0. The Morgan fingerprint density at radius 3 is 2.29 bits per heavy atom. The van der Waals surface area contributed by atoms with Crippen molar-refractivity contribution in [2.45, 2.75) is 77.6 Å². The first-order valence-electron chi connectivity index (χ1n) is 11.9. The molecule has 1 aliphatic heterocycles. The standard InChI is InChI=1S/C26H36BNO6/c1-25(2)26(3,4)34-27(33-25)23-17-21(32-19-20-13-9-8-10-14-20)22(18-28-23)31-16-12-7-6-11-15-24(29)30-5/h8-10,13-14,17-18H,6-7,11-12,15-16,19H2,1-5H3. The summed E-state index contributed by atoms with van der Waals surface area (Å²) in [6.07, 6.45) is 5.75. The fourth-order valence-corrected chi connectivity index (χ4v) is 3.50. The van der Waals surface area contributed by atoms with E-state index in [1.807, 2.05) is 64.1 Å². The molecule has 0 aliphatic carbocycles. The van der Waals surface area contributed by atoms with E-state index in [4.69, 9.17) is 18.8 Å². The number of carbonyl (C=O) groups is 1. The lowest BCUT2D eigenvalue weighted by molar-refractivity contribution is -0.140. The quantitative estimate of drug-likeness (QED) is 0.258. The highest BCUT2D eigenvalue weighted by Gasteiger charge is 2.52. The summed E-state index contributed by atoms with van der Waals surface area (Å²) >= 11 is 0. The molecule has 0 bridgehead atoms. The van der Waals surface area contributed by atoms with E-state index in [0.29, 0.717) is 36.7 Å². The lowest BCUT2D eigenvalue weighted by atomic mass is 9.84. The number of rotatable bonds is 12. The molecule has 0 saturated carbocycles. The Bertz CT molecular complexity index is 918. The van der Waals surface area contributed by atoms with E-state index in [2.05, 4.69) is 9.72 Å². The van der Waals surface area contributed by atoms with Crippen LogP contribution in [0.1, 0.15) is 65.4 Å². The average Bonchev–Trinajstić information content (AvgIpc) is 3.04. The summed E-state index contributed by atoms with van der Waals surface area (Å²) in [5.41, 5.74) is 0.811. The smallest absolute Gasteiger partial charge is 0.488 e. The maximum atomic E-state index is 11.2. The lowest BCUT2D eigenvalue weighted by Gasteiger charge is -2.32. The van der Waals surface area contributed by atoms with Crippen molar-refractivity contribution in [2.75, 3.05) is 13.7 Å². The number of ether oxygens (including phenoxy) is 3. The molecule has 0 N–H and O–H groups in total. The summed E-state index contributed by atoms with van der Waals surface area (Å²) in [6.45, 7) is 9.02. The van der Waals surface area contributed by atoms with Crippen LogP contribution in [0.15, 0.2) is 42.6 Å². The molecule has 0 atom stereocenters. The molecular formula is C26H36BNO6. The number of pyridine rings is 1. The van der Waals surface area contributed by atoms with Crippen LogP contribution in [0.4, 0.5) is 0 Å². The third kappa shape index (κ3) is 6.96. The molecule has 3 rings (SSSR count). The van der Waals surface area contributed by atoms with Gasteiger partial charge in [-0.25, -0.2) is 0 Å². The van der Waals surface area contributed by atoms with Gasteiger partial charge < -0.3 is 23.5 Å². The molecule has 7 nitrogen and oxygen atoms in total. The Kier molecular flexibility index (Phi) is 8.97. The maximum absolute atomic E-state index is 11.2. The molecule has 1 saturated heterocycles. The van der Waals surface area contributed by atoms with Gasteiger partial charge in [0.1, 0.15) is 6.61 Å². The summed E-state index contributed by atoms with van der Waals surface area (Å²) in [4.78, 5) is 15.8. The Balaban J connectivity index is 1.63. The Morgan fingerprint density at radius 1 is 0.941 bits per heavy atom. The van der Waals surface area contributed by atoms with Gasteiger partial charge >= 0.3 is 13.1 Å². The molecule has 0 amide bonds. The first-order chi connectivity index (χ1) is 16.2. The van der Waals surface area contributed by atoms with Crippen LogP contribution in [0.3, 0.4) is 0 Å². The van der Waals surface area contributed by atoms with Crippen molar-refractivity contribution in [1.82, 2.24) is 4.98 Å². The van der Waals surface area contributed by atoms with Crippen molar-refractivity contribution in [3.05, 3.63) is 48.2 Å².